The van der Waals surface area contributed by atoms with Gasteiger partial charge in [-0.3, -0.25) is 4.79 Å². The molecule has 22 heavy (non-hydrogen) atoms. The first-order chi connectivity index (χ1) is 10.2. The number of ketones is 1. The van der Waals surface area contributed by atoms with Gasteiger partial charge in [0.05, 0.1) is 10.5 Å². The Morgan fingerprint density at radius 2 is 1.59 bits per heavy atom. The summed E-state index contributed by atoms with van der Waals surface area (Å²) in [4.78, 5) is 12.0. The highest BCUT2D eigenvalue weighted by molar-refractivity contribution is 7.93. The maximum Gasteiger partial charge on any atom is 0.416 e. The molecule has 1 aliphatic rings. The minimum Gasteiger partial charge on any atom is -0.292 e. The van der Waals surface area contributed by atoms with Crippen LogP contribution in [0.15, 0.2) is 53.4 Å². The number of benzene rings is 2. The molecular formula is C15H9F3O3S. The van der Waals surface area contributed by atoms with Crippen LogP contribution >= 0.6 is 0 Å². The number of hydrogen-bond donors (Lipinski definition) is 0. The average Bonchev–Trinajstić information content (AvgIpc) is 2.66. The van der Waals surface area contributed by atoms with Crippen LogP contribution in [-0.2, 0) is 16.0 Å². The van der Waals surface area contributed by atoms with Gasteiger partial charge >= 0.3 is 6.18 Å². The topological polar surface area (TPSA) is 51.2 Å². The standard InChI is InChI=1S/C15H9F3O3S/c16-15(17,18)10-6-7-12-11(8-10)13(19)14(22(12,20)21)9-4-2-1-3-5-9/h1-8,14H/t14-/m1/s1. The Bertz CT molecular complexity index is 855. The molecule has 2 aromatic rings. The molecular weight excluding hydrogens is 317 g/mol. The summed E-state index contributed by atoms with van der Waals surface area (Å²) in [7, 11) is -4.03. The van der Waals surface area contributed by atoms with E-state index in [4.69, 9.17) is 0 Å². The molecule has 114 valence electrons. The second kappa shape index (κ2) is 4.67. The highest BCUT2D eigenvalue weighted by Gasteiger charge is 2.46. The van der Waals surface area contributed by atoms with Crippen molar-refractivity contribution in [2.75, 3.05) is 0 Å². The minimum atomic E-state index is -4.64. The average molecular weight is 326 g/mol. The summed E-state index contributed by atoms with van der Waals surface area (Å²) in [5, 5.41) is -1.48. The van der Waals surface area contributed by atoms with Crippen molar-refractivity contribution in [1.29, 1.82) is 0 Å². The number of rotatable bonds is 1. The van der Waals surface area contributed by atoms with Crippen molar-refractivity contribution in [2.45, 2.75) is 16.3 Å². The van der Waals surface area contributed by atoms with Crippen LogP contribution in [0.3, 0.4) is 0 Å². The quantitative estimate of drug-likeness (QED) is 0.807. The highest BCUT2D eigenvalue weighted by atomic mass is 32.2. The van der Waals surface area contributed by atoms with E-state index in [0.717, 1.165) is 6.07 Å². The van der Waals surface area contributed by atoms with E-state index in [1.807, 2.05) is 0 Å². The Labute approximate surface area is 124 Å². The maximum absolute atomic E-state index is 12.7. The molecule has 0 N–H and O–H groups in total. The van der Waals surface area contributed by atoms with Gasteiger partial charge in [0.1, 0.15) is 0 Å². The van der Waals surface area contributed by atoms with Gasteiger partial charge in [0.25, 0.3) is 0 Å². The normalized spacial score (nSPS) is 20.0. The zero-order valence-electron chi connectivity index (χ0n) is 11.0. The summed E-state index contributed by atoms with van der Waals surface area (Å²) in [6.45, 7) is 0. The van der Waals surface area contributed by atoms with E-state index in [1.54, 1.807) is 18.2 Å². The molecule has 1 aliphatic heterocycles. The summed E-state index contributed by atoms with van der Waals surface area (Å²) in [6.07, 6.45) is -4.64. The summed E-state index contributed by atoms with van der Waals surface area (Å²) in [5.41, 5.74) is -1.19. The molecule has 3 rings (SSSR count). The lowest BCUT2D eigenvalue weighted by Crippen LogP contribution is -2.13. The largest absolute Gasteiger partial charge is 0.416 e. The molecule has 0 unspecified atom stereocenters. The number of carbonyl (C=O) groups is 1. The molecule has 0 aromatic heterocycles. The van der Waals surface area contributed by atoms with Crippen LogP contribution in [0.5, 0.6) is 0 Å². The maximum atomic E-state index is 12.7. The van der Waals surface area contributed by atoms with Crippen molar-refractivity contribution in [2.24, 2.45) is 0 Å². The molecule has 7 heteroatoms. The number of halogens is 3. The zero-order valence-corrected chi connectivity index (χ0v) is 11.8. The lowest BCUT2D eigenvalue weighted by Gasteiger charge is -2.07. The monoisotopic (exact) mass is 326 g/mol. The molecule has 0 saturated carbocycles. The van der Waals surface area contributed by atoms with Crippen molar-refractivity contribution >= 4 is 15.6 Å². The molecule has 0 saturated heterocycles. The van der Waals surface area contributed by atoms with E-state index in [9.17, 15) is 26.4 Å². The fourth-order valence-corrected chi connectivity index (χ4v) is 4.42. The molecule has 0 fully saturated rings. The Balaban J connectivity index is 2.19. The van der Waals surface area contributed by atoms with Crippen molar-refractivity contribution in [1.82, 2.24) is 0 Å². The van der Waals surface area contributed by atoms with E-state index in [0.29, 0.717) is 12.1 Å². The number of Topliss-reactive ketones (excluding diaryl/α,β-unsaturated/α-hetero) is 1. The second-order valence-corrected chi connectivity index (χ2v) is 6.91. The molecule has 0 spiro atoms. The first-order valence-electron chi connectivity index (χ1n) is 6.27. The van der Waals surface area contributed by atoms with Gasteiger partial charge in [0.15, 0.2) is 20.9 Å². The molecule has 0 radical (unpaired) electrons. The molecule has 2 aromatic carbocycles. The van der Waals surface area contributed by atoms with Crippen molar-refractivity contribution in [3.63, 3.8) is 0 Å². The smallest absolute Gasteiger partial charge is 0.292 e. The van der Waals surface area contributed by atoms with E-state index in [-0.39, 0.29) is 10.5 Å². The Morgan fingerprint density at radius 3 is 2.18 bits per heavy atom. The van der Waals surface area contributed by atoms with Gasteiger partial charge in [-0.05, 0) is 23.8 Å². The summed E-state index contributed by atoms with van der Waals surface area (Å²) < 4.78 is 63.1. The van der Waals surface area contributed by atoms with E-state index >= 15 is 0 Å². The molecule has 3 nitrogen and oxygen atoms in total. The summed E-state index contributed by atoms with van der Waals surface area (Å²) in [6, 6.07) is 9.88. The van der Waals surface area contributed by atoms with Gasteiger partial charge in [-0.25, -0.2) is 8.42 Å². The third-order valence-corrected chi connectivity index (χ3v) is 5.61. The van der Waals surface area contributed by atoms with E-state index < -0.39 is 38.2 Å². The minimum absolute atomic E-state index is 0.247. The first kappa shape index (κ1) is 14.8. The number of hydrogen-bond acceptors (Lipinski definition) is 3. The number of fused-ring (bicyclic) bond motifs is 1. The Kier molecular flexibility index (Phi) is 3.14. The van der Waals surface area contributed by atoms with Gasteiger partial charge in [0, 0.05) is 5.56 Å². The van der Waals surface area contributed by atoms with Crippen LogP contribution in [0, 0.1) is 0 Å². The van der Waals surface area contributed by atoms with Crippen LogP contribution < -0.4 is 0 Å². The van der Waals surface area contributed by atoms with Gasteiger partial charge < -0.3 is 0 Å². The van der Waals surface area contributed by atoms with Crippen LogP contribution in [0.1, 0.15) is 26.7 Å². The molecule has 0 aliphatic carbocycles. The lowest BCUT2D eigenvalue weighted by molar-refractivity contribution is -0.137. The van der Waals surface area contributed by atoms with Crippen LogP contribution in [0.4, 0.5) is 13.2 Å². The fraction of sp³-hybridized carbons (Fsp3) is 0.133. The zero-order chi connectivity index (χ0) is 16.1. The van der Waals surface area contributed by atoms with Gasteiger partial charge in [-0.1, -0.05) is 30.3 Å². The van der Waals surface area contributed by atoms with Crippen molar-refractivity contribution in [3.05, 3.63) is 65.2 Å². The van der Waals surface area contributed by atoms with Crippen LogP contribution in [-0.4, -0.2) is 14.2 Å². The molecule has 0 bridgehead atoms. The van der Waals surface area contributed by atoms with Crippen molar-refractivity contribution in [3.8, 4) is 0 Å². The SMILES string of the molecule is O=C1c2cc(C(F)(F)F)ccc2S(=O)(=O)[C@@H]1c1ccccc1. The van der Waals surface area contributed by atoms with Gasteiger partial charge in [-0.15, -0.1) is 0 Å². The number of carbonyl (C=O) groups excluding carboxylic acids is 1. The number of sulfone groups is 1. The molecule has 0 amide bonds. The third-order valence-electron chi connectivity index (χ3n) is 3.53. The van der Waals surface area contributed by atoms with E-state index in [1.165, 1.54) is 12.1 Å². The van der Waals surface area contributed by atoms with E-state index in [2.05, 4.69) is 0 Å². The third kappa shape index (κ3) is 2.12. The van der Waals surface area contributed by atoms with Crippen molar-refractivity contribution < 1.29 is 26.4 Å². The Morgan fingerprint density at radius 1 is 0.955 bits per heavy atom. The Hall–Kier alpha value is -2.15. The molecule has 1 atom stereocenters. The summed E-state index contributed by atoms with van der Waals surface area (Å²) >= 11 is 0. The van der Waals surface area contributed by atoms with Gasteiger partial charge in [-0.2, -0.15) is 13.2 Å². The first-order valence-corrected chi connectivity index (χ1v) is 7.82. The van der Waals surface area contributed by atoms with Crippen LogP contribution in [0.25, 0.3) is 0 Å². The lowest BCUT2D eigenvalue weighted by atomic mass is 10.0. The highest BCUT2D eigenvalue weighted by Crippen LogP contribution is 2.42. The van der Waals surface area contributed by atoms with Gasteiger partial charge in [0.2, 0.25) is 0 Å². The van der Waals surface area contributed by atoms with Crippen LogP contribution in [0.2, 0.25) is 0 Å². The summed E-state index contributed by atoms with van der Waals surface area (Å²) in [5.74, 6) is -0.827. The molecule has 1 heterocycles. The second-order valence-electron chi connectivity index (χ2n) is 4.91. The predicted molar refractivity (Wildman–Crippen MR) is 72.1 cm³/mol. The number of alkyl halides is 3. The predicted octanol–water partition coefficient (Wildman–Crippen LogP) is 3.42. The fourth-order valence-electron chi connectivity index (χ4n) is 2.51.